The van der Waals surface area contributed by atoms with Gasteiger partial charge in [0.15, 0.2) is 11.5 Å². The van der Waals surface area contributed by atoms with Crippen molar-refractivity contribution in [1.29, 1.82) is 0 Å². The number of anilines is 1. The van der Waals surface area contributed by atoms with E-state index in [1.165, 1.54) is 11.9 Å². The number of benzene rings is 1. The lowest BCUT2D eigenvalue weighted by molar-refractivity contribution is 0.101. The Bertz CT molecular complexity index is 1180. The van der Waals surface area contributed by atoms with Crippen LogP contribution in [0.2, 0.25) is 0 Å². The number of imidazole rings is 1. The Morgan fingerprint density at radius 1 is 1.30 bits per heavy atom. The molecule has 2 aromatic heterocycles. The fourth-order valence-corrected chi connectivity index (χ4v) is 4.21. The number of H-pyrrole nitrogens is 1. The first-order valence-corrected chi connectivity index (χ1v) is 11.1. The topological polar surface area (TPSA) is 156 Å². The first-order valence-electron chi connectivity index (χ1n) is 9.60. The average molecular weight is 433 g/mol. The Kier molecular flexibility index (Phi) is 5.45. The molecule has 1 aromatic carbocycles. The van der Waals surface area contributed by atoms with Crippen molar-refractivity contribution < 1.29 is 17.7 Å². The number of rotatable bonds is 6. The summed E-state index contributed by atoms with van der Waals surface area (Å²) >= 11 is 0. The monoisotopic (exact) mass is 432 g/mol. The lowest BCUT2D eigenvalue weighted by Crippen LogP contribution is -2.24. The quantitative estimate of drug-likeness (QED) is 0.455. The minimum Gasteiger partial charge on any atom is -0.393 e. The van der Waals surface area contributed by atoms with Gasteiger partial charge in [0.2, 0.25) is 0 Å². The Labute approximate surface area is 174 Å². The zero-order valence-corrected chi connectivity index (χ0v) is 17.5. The maximum Gasteiger partial charge on any atom is 0.333 e. The van der Waals surface area contributed by atoms with Gasteiger partial charge in [-0.2, -0.15) is 8.42 Å². The number of nitrogens with two attached hydrogens (primary N) is 1. The predicted molar refractivity (Wildman–Crippen MR) is 112 cm³/mol. The summed E-state index contributed by atoms with van der Waals surface area (Å²) in [6.45, 7) is 3.94. The van der Waals surface area contributed by atoms with Crippen molar-refractivity contribution in [3.63, 3.8) is 0 Å². The van der Waals surface area contributed by atoms with Crippen molar-refractivity contribution in [3.8, 4) is 11.4 Å². The zero-order valence-electron chi connectivity index (χ0n) is 16.7. The van der Waals surface area contributed by atoms with E-state index in [0.717, 1.165) is 11.1 Å². The third kappa shape index (κ3) is 4.29. The van der Waals surface area contributed by atoms with E-state index in [-0.39, 0.29) is 18.6 Å². The second kappa shape index (κ2) is 7.91. The fraction of sp³-hybridized carbons (Fsp3) is 0.421. The molecule has 0 radical (unpaired) electrons. The molecule has 4 rings (SSSR count). The molecule has 11 heteroatoms. The third-order valence-electron chi connectivity index (χ3n) is 5.59. The van der Waals surface area contributed by atoms with Crippen LogP contribution in [0.5, 0.6) is 0 Å². The largest absolute Gasteiger partial charge is 0.393 e. The molecule has 0 spiro atoms. The molecular weight excluding hydrogens is 408 g/mol. The summed E-state index contributed by atoms with van der Waals surface area (Å²) in [5, 5.41) is 18.4. The molecule has 0 aliphatic heterocycles. The van der Waals surface area contributed by atoms with Gasteiger partial charge in [0.05, 0.1) is 12.7 Å². The Balaban J connectivity index is 1.55. The molecule has 1 aliphatic carbocycles. The number of nitrogens with one attached hydrogen (secondary N) is 2. The standard InChI is InChI=1S/C19H24N6O4S/c1-10-4-3-5-14(11(10)2)17-24-16-18(21-9-22-19(16)25-17)23-13-6-12(15(26)7-13)8-29-30(20,27)28/h3-5,9,12-13,15,26H,6-8H2,1-2H3,(H2,20,27,28)(H2,21,22,23,24,25)/t12-,13+,15-/m0/s1. The summed E-state index contributed by atoms with van der Waals surface area (Å²) in [4.78, 5) is 16.5. The van der Waals surface area contributed by atoms with Crippen LogP contribution in [0, 0.1) is 19.8 Å². The van der Waals surface area contributed by atoms with Crippen LogP contribution in [0.25, 0.3) is 22.6 Å². The first-order chi connectivity index (χ1) is 14.2. The van der Waals surface area contributed by atoms with E-state index in [9.17, 15) is 13.5 Å². The highest BCUT2D eigenvalue weighted by Crippen LogP contribution is 2.31. The Morgan fingerprint density at radius 2 is 2.10 bits per heavy atom. The molecule has 1 saturated carbocycles. The molecule has 1 aliphatic rings. The van der Waals surface area contributed by atoms with E-state index in [0.29, 0.717) is 35.6 Å². The van der Waals surface area contributed by atoms with Crippen LogP contribution in [0.1, 0.15) is 24.0 Å². The van der Waals surface area contributed by atoms with E-state index in [2.05, 4.69) is 42.4 Å². The Morgan fingerprint density at radius 3 is 2.87 bits per heavy atom. The van der Waals surface area contributed by atoms with Gasteiger partial charge in [-0.1, -0.05) is 18.2 Å². The fourth-order valence-electron chi connectivity index (χ4n) is 3.85. The number of aromatic nitrogens is 4. The minimum absolute atomic E-state index is 0.111. The van der Waals surface area contributed by atoms with Gasteiger partial charge in [0, 0.05) is 17.5 Å². The molecule has 3 aromatic rings. The maximum absolute atomic E-state index is 11.0. The summed E-state index contributed by atoms with van der Waals surface area (Å²) in [6.07, 6.45) is 1.68. The van der Waals surface area contributed by atoms with Gasteiger partial charge in [0.25, 0.3) is 0 Å². The van der Waals surface area contributed by atoms with Crippen LogP contribution < -0.4 is 10.5 Å². The predicted octanol–water partition coefficient (Wildman–Crippen LogP) is 1.41. The number of hydrogen-bond donors (Lipinski definition) is 4. The van der Waals surface area contributed by atoms with Gasteiger partial charge in [-0.3, -0.25) is 4.18 Å². The number of nitrogens with zero attached hydrogens (tertiary/aromatic N) is 3. The zero-order chi connectivity index (χ0) is 21.5. The molecule has 10 nitrogen and oxygen atoms in total. The number of aromatic amines is 1. The average Bonchev–Trinajstić information content (AvgIpc) is 3.25. The maximum atomic E-state index is 11.0. The highest BCUT2D eigenvalue weighted by Gasteiger charge is 2.34. The molecule has 0 bridgehead atoms. The number of hydrogen-bond acceptors (Lipinski definition) is 8. The molecule has 2 heterocycles. The van der Waals surface area contributed by atoms with E-state index in [1.807, 2.05) is 19.1 Å². The highest BCUT2D eigenvalue weighted by atomic mass is 32.2. The number of aliphatic hydroxyl groups excluding tert-OH is 1. The van der Waals surface area contributed by atoms with Crippen LogP contribution in [0.4, 0.5) is 5.82 Å². The molecule has 1 fully saturated rings. The van der Waals surface area contributed by atoms with E-state index in [1.54, 1.807) is 0 Å². The van der Waals surface area contributed by atoms with Crippen molar-refractivity contribution in [2.45, 2.75) is 38.8 Å². The SMILES string of the molecule is Cc1cccc(-c2nc3ncnc(N[C@@H]4C[C@@H](COS(N)(=O)=O)[C@@H](O)C4)c3[nH]2)c1C. The van der Waals surface area contributed by atoms with Gasteiger partial charge in [0.1, 0.15) is 17.7 Å². The van der Waals surface area contributed by atoms with Gasteiger partial charge in [-0.25, -0.2) is 20.1 Å². The highest BCUT2D eigenvalue weighted by molar-refractivity contribution is 7.84. The molecule has 0 amide bonds. The Hall–Kier alpha value is -2.60. The third-order valence-corrected chi connectivity index (χ3v) is 6.06. The lowest BCUT2D eigenvalue weighted by atomic mass is 10.0. The van der Waals surface area contributed by atoms with E-state index >= 15 is 0 Å². The van der Waals surface area contributed by atoms with Gasteiger partial charge < -0.3 is 15.4 Å². The number of aryl methyl sites for hydroxylation is 1. The van der Waals surface area contributed by atoms with E-state index < -0.39 is 16.4 Å². The minimum atomic E-state index is -4.04. The molecular formula is C19H24N6O4S. The molecule has 0 unspecified atom stereocenters. The van der Waals surface area contributed by atoms with Crippen LogP contribution in [0.15, 0.2) is 24.5 Å². The lowest BCUT2D eigenvalue weighted by Gasteiger charge is -2.14. The molecule has 160 valence electrons. The van der Waals surface area contributed by atoms with Crippen LogP contribution in [-0.4, -0.2) is 52.2 Å². The van der Waals surface area contributed by atoms with Crippen LogP contribution in [-0.2, 0) is 14.5 Å². The normalized spacial score (nSPS) is 21.9. The van der Waals surface area contributed by atoms with Crippen molar-refractivity contribution in [3.05, 3.63) is 35.7 Å². The van der Waals surface area contributed by atoms with Crippen LogP contribution >= 0.6 is 0 Å². The number of aliphatic hydroxyl groups is 1. The van der Waals surface area contributed by atoms with Crippen molar-refractivity contribution in [2.24, 2.45) is 11.1 Å². The molecule has 30 heavy (non-hydrogen) atoms. The summed E-state index contributed by atoms with van der Waals surface area (Å²) in [5.41, 5.74) is 4.51. The van der Waals surface area contributed by atoms with Gasteiger partial charge in [-0.15, -0.1) is 0 Å². The molecule has 0 saturated heterocycles. The first kappa shape index (κ1) is 20.7. The second-order valence-corrected chi connectivity index (χ2v) is 8.89. The van der Waals surface area contributed by atoms with Crippen molar-refractivity contribution in [1.82, 2.24) is 19.9 Å². The summed E-state index contributed by atoms with van der Waals surface area (Å²) in [5.74, 6) is 0.945. The van der Waals surface area contributed by atoms with Crippen LogP contribution in [0.3, 0.4) is 0 Å². The summed E-state index contributed by atoms with van der Waals surface area (Å²) < 4.78 is 26.7. The second-order valence-electron chi connectivity index (χ2n) is 7.67. The number of fused-ring (bicyclic) bond motifs is 1. The summed E-state index contributed by atoms with van der Waals surface area (Å²) in [6, 6.07) is 5.93. The molecule has 5 N–H and O–H groups in total. The van der Waals surface area contributed by atoms with E-state index in [4.69, 9.17) is 5.14 Å². The smallest absolute Gasteiger partial charge is 0.333 e. The van der Waals surface area contributed by atoms with Crippen molar-refractivity contribution >= 4 is 27.3 Å². The summed E-state index contributed by atoms with van der Waals surface area (Å²) in [7, 11) is -4.04. The van der Waals surface area contributed by atoms with Crippen molar-refractivity contribution in [2.75, 3.05) is 11.9 Å². The van der Waals surface area contributed by atoms with Gasteiger partial charge in [-0.05, 0) is 37.8 Å². The van der Waals surface area contributed by atoms with Gasteiger partial charge >= 0.3 is 10.3 Å². The molecule has 3 atom stereocenters.